The molecule has 0 aromatic heterocycles. The minimum absolute atomic E-state index is 0.155. The Balaban J connectivity index is 2.55. The summed E-state index contributed by atoms with van der Waals surface area (Å²) in [4.78, 5) is 11.0. The molecule has 2 rings (SSSR count). The van der Waals surface area contributed by atoms with E-state index in [2.05, 4.69) is 4.74 Å². The lowest BCUT2D eigenvalue weighted by atomic mass is 10.0. The van der Waals surface area contributed by atoms with E-state index in [0.717, 1.165) is 6.07 Å². The molecule has 20 heavy (non-hydrogen) atoms. The highest BCUT2D eigenvalue weighted by Crippen LogP contribution is 2.31. The van der Waals surface area contributed by atoms with Gasteiger partial charge in [-0.05, 0) is 29.8 Å². The molecule has 0 spiro atoms. The zero-order valence-corrected chi connectivity index (χ0v) is 10.8. The lowest BCUT2D eigenvalue weighted by Gasteiger charge is -2.10. The number of aromatic carboxylic acids is 1. The topological polar surface area (TPSA) is 46.5 Å². The van der Waals surface area contributed by atoms with Crippen molar-refractivity contribution in [1.29, 1.82) is 0 Å². The molecule has 0 amide bonds. The van der Waals surface area contributed by atoms with Crippen molar-refractivity contribution >= 4 is 17.6 Å². The molecule has 0 saturated carbocycles. The van der Waals surface area contributed by atoms with Crippen molar-refractivity contribution in [2.75, 3.05) is 0 Å². The standard InChI is InChI=1S/C14H9ClF2O3/c15-12-4-2-1-3-11(12)8-5-9(13(18)19)7-10(6-8)20-14(16)17/h1-7,14H,(H,18,19). The third kappa shape index (κ3) is 3.24. The molecule has 0 heterocycles. The number of carboxylic acids is 1. The van der Waals surface area contributed by atoms with Gasteiger partial charge in [0.25, 0.3) is 0 Å². The van der Waals surface area contributed by atoms with Crippen LogP contribution in [-0.4, -0.2) is 17.7 Å². The average molecular weight is 299 g/mol. The van der Waals surface area contributed by atoms with Crippen LogP contribution in [0.4, 0.5) is 8.78 Å². The second-order valence-electron chi connectivity index (χ2n) is 3.91. The monoisotopic (exact) mass is 298 g/mol. The number of halogens is 3. The summed E-state index contributed by atoms with van der Waals surface area (Å²) >= 11 is 6.01. The molecule has 104 valence electrons. The van der Waals surface area contributed by atoms with E-state index in [4.69, 9.17) is 16.7 Å². The Hall–Kier alpha value is -2.14. The highest BCUT2D eigenvalue weighted by atomic mass is 35.5. The molecule has 0 radical (unpaired) electrons. The fourth-order valence-electron chi connectivity index (χ4n) is 1.74. The third-order valence-corrected chi connectivity index (χ3v) is 2.89. The van der Waals surface area contributed by atoms with Gasteiger partial charge >= 0.3 is 12.6 Å². The maximum atomic E-state index is 12.3. The van der Waals surface area contributed by atoms with E-state index < -0.39 is 12.6 Å². The largest absolute Gasteiger partial charge is 0.478 e. The number of carboxylic acid groups (broad SMARTS) is 1. The van der Waals surface area contributed by atoms with E-state index in [-0.39, 0.29) is 11.3 Å². The van der Waals surface area contributed by atoms with E-state index >= 15 is 0 Å². The van der Waals surface area contributed by atoms with Crippen molar-refractivity contribution < 1.29 is 23.4 Å². The van der Waals surface area contributed by atoms with E-state index in [1.54, 1.807) is 24.3 Å². The van der Waals surface area contributed by atoms with Crippen molar-refractivity contribution in [2.24, 2.45) is 0 Å². The molecule has 0 bridgehead atoms. The first kappa shape index (κ1) is 14.3. The first-order valence-corrected chi connectivity index (χ1v) is 5.93. The number of hydrogen-bond acceptors (Lipinski definition) is 2. The molecule has 0 aliphatic carbocycles. The van der Waals surface area contributed by atoms with Gasteiger partial charge in [-0.2, -0.15) is 8.78 Å². The lowest BCUT2D eigenvalue weighted by molar-refractivity contribution is -0.0498. The van der Waals surface area contributed by atoms with Gasteiger partial charge in [0, 0.05) is 10.6 Å². The van der Waals surface area contributed by atoms with Gasteiger partial charge in [-0.1, -0.05) is 29.8 Å². The van der Waals surface area contributed by atoms with Crippen molar-refractivity contribution in [2.45, 2.75) is 6.61 Å². The quantitative estimate of drug-likeness (QED) is 0.915. The summed E-state index contributed by atoms with van der Waals surface area (Å²) in [6, 6.07) is 10.4. The van der Waals surface area contributed by atoms with Crippen LogP contribution in [0.2, 0.25) is 5.02 Å². The van der Waals surface area contributed by atoms with Crippen LogP contribution >= 0.6 is 11.6 Å². The predicted octanol–water partition coefficient (Wildman–Crippen LogP) is 4.31. The van der Waals surface area contributed by atoms with Crippen LogP contribution in [0.15, 0.2) is 42.5 Å². The number of alkyl halides is 2. The summed E-state index contributed by atoms with van der Waals surface area (Å²) in [5.74, 6) is -1.46. The van der Waals surface area contributed by atoms with Gasteiger partial charge in [0.05, 0.1) is 5.56 Å². The van der Waals surface area contributed by atoms with Crippen molar-refractivity contribution in [1.82, 2.24) is 0 Å². The first-order chi connectivity index (χ1) is 9.47. The third-order valence-electron chi connectivity index (χ3n) is 2.56. The van der Waals surface area contributed by atoms with Crippen molar-refractivity contribution in [3.63, 3.8) is 0 Å². The SMILES string of the molecule is O=C(O)c1cc(OC(F)F)cc(-c2ccccc2Cl)c1. The maximum absolute atomic E-state index is 12.3. The molecule has 0 aliphatic rings. The minimum atomic E-state index is -3.03. The summed E-state index contributed by atoms with van der Waals surface area (Å²) in [6.07, 6.45) is 0. The average Bonchev–Trinajstić information content (AvgIpc) is 2.38. The number of carbonyl (C=O) groups is 1. The lowest BCUT2D eigenvalue weighted by Crippen LogP contribution is -2.04. The first-order valence-electron chi connectivity index (χ1n) is 5.55. The minimum Gasteiger partial charge on any atom is -0.478 e. The number of hydrogen-bond donors (Lipinski definition) is 1. The Bertz CT molecular complexity index is 644. The van der Waals surface area contributed by atoms with Crippen LogP contribution in [0, 0.1) is 0 Å². The molecule has 1 N–H and O–H groups in total. The van der Waals surface area contributed by atoms with Crippen molar-refractivity contribution in [3.8, 4) is 16.9 Å². The van der Waals surface area contributed by atoms with Crippen LogP contribution in [0.5, 0.6) is 5.75 Å². The van der Waals surface area contributed by atoms with Gasteiger partial charge < -0.3 is 9.84 Å². The van der Waals surface area contributed by atoms with Gasteiger partial charge in [-0.3, -0.25) is 0 Å². The van der Waals surface area contributed by atoms with Crippen molar-refractivity contribution in [3.05, 3.63) is 53.1 Å². The summed E-state index contributed by atoms with van der Waals surface area (Å²) < 4.78 is 28.8. The number of benzene rings is 2. The van der Waals surface area contributed by atoms with Gasteiger partial charge in [0.15, 0.2) is 0 Å². The molecule has 0 aliphatic heterocycles. The van der Waals surface area contributed by atoms with E-state index in [9.17, 15) is 13.6 Å². The van der Waals surface area contributed by atoms with Crippen LogP contribution in [0.1, 0.15) is 10.4 Å². The molecule has 3 nitrogen and oxygen atoms in total. The molecule has 0 fully saturated rings. The molecule has 0 unspecified atom stereocenters. The zero-order chi connectivity index (χ0) is 14.7. The Morgan fingerprint density at radius 3 is 2.50 bits per heavy atom. The summed E-state index contributed by atoms with van der Waals surface area (Å²) in [7, 11) is 0. The van der Waals surface area contributed by atoms with Crippen LogP contribution < -0.4 is 4.74 Å². The Morgan fingerprint density at radius 2 is 1.90 bits per heavy atom. The fraction of sp³-hybridized carbons (Fsp3) is 0.0714. The second-order valence-corrected chi connectivity index (χ2v) is 4.32. The van der Waals surface area contributed by atoms with E-state index in [1.165, 1.54) is 12.1 Å². The summed E-state index contributed by atoms with van der Waals surface area (Å²) in [6.45, 7) is -3.03. The molecule has 2 aromatic carbocycles. The zero-order valence-electron chi connectivity index (χ0n) is 10.0. The van der Waals surface area contributed by atoms with Crippen LogP contribution in [-0.2, 0) is 0 Å². The highest BCUT2D eigenvalue weighted by Gasteiger charge is 2.13. The number of rotatable bonds is 4. The predicted molar refractivity (Wildman–Crippen MR) is 70.5 cm³/mol. The van der Waals surface area contributed by atoms with Gasteiger partial charge in [0.2, 0.25) is 0 Å². The molecular formula is C14H9ClF2O3. The summed E-state index contributed by atoms with van der Waals surface area (Å²) in [5.41, 5.74) is 0.778. The Morgan fingerprint density at radius 1 is 1.20 bits per heavy atom. The van der Waals surface area contributed by atoms with E-state index in [0.29, 0.717) is 16.1 Å². The van der Waals surface area contributed by atoms with E-state index in [1.807, 2.05) is 0 Å². The van der Waals surface area contributed by atoms with Gasteiger partial charge in [0.1, 0.15) is 5.75 Å². The molecule has 2 aromatic rings. The molecule has 0 atom stereocenters. The molecule has 6 heteroatoms. The normalized spacial score (nSPS) is 10.6. The number of ether oxygens (including phenoxy) is 1. The van der Waals surface area contributed by atoms with Crippen LogP contribution in [0.3, 0.4) is 0 Å². The fourth-order valence-corrected chi connectivity index (χ4v) is 1.99. The maximum Gasteiger partial charge on any atom is 0.387 e. The summed E-state index contributed by atoms with van der Waals surface area (Å²) in [5, 5.41) is 9.40. The van der Waals surface area contributed by atoms with Gasteiger partial charge in [-0.15, -0.1) is 0 Å². The van der Waals surface area contributed by atoms with Crippen LogP contribution in [0.25, 0.3) is 11.1 Å². The second kappa shape index (κ2) is 5.88. The smallest absolute Gasteiger partial charge is 0.387 e. The molecular weight excluding hydrogens is 290 g/mol. The highest BCUT2D eigenvalue weighted by molar-refractivity contribution is 6.33. The van der Waals surface area contributed by atoms with Gasteiger partial charge in [-0.25, -0.2) is 4.79 Å². The Labute approximate surface area is 118 Å². The molecule has 0 saturated heterocycles. The Kier molecular flexibility index (Phi) is 4.20.